The number of hydrogen-bond donors (Lipinski definition) is 1. The highest BCUT2D eigenvalue weighted by Crippen LogP contribution is 2.40. The average Bonchev–Trinajstić information content (AvgIpc) is 2.88. The Morgan fingerprint density at radius 2 is 2.00 bits per heavy atom. The lowest BCUT2D eigenvalue weighted by Crippen LogP contribution is -2.37. The Morgan fingerprint density at radius 1 is 1.33 bits per heavy atom. The Balaban J connectivity index is 1.98. The molecule has 0 aromatic carbocycles. The van der Waals surface area contributed by atoms with E-state index in [0.29, 0.717) is 5.89 Å². The molecule has 21 heavy (non-hydrogen) atoms. The summed E-state index contributed by atoms with van der Waals surface area (Å²) in [6.07, 6.45) is 5.01. The van der Waals surface area contributed by atoms with Crippen LogP contribution >= 0.6 is 0 Å². The Morgan fingerprint density at radius 3 is 2.57 bits per heavy atom. The molecule has 5 nitrogen and oxygen atoms in total. The molecule has 2 rings (SSSR count). The maximum atomic E-state index is 5.78. The third-order valence-electron chi connectivity index (χ3n) is 4.34. The maximum absolute atomic E-state index is 5.78. The Labute approximate surface area is 127 Å². The molecule has 0 bridgehead atoms. The maximum Gasteiger partial charge on any atom is 0.228 e. The van der Waals surface area contributed by atoms with Crippen molar-refractivity contribution in [1.82, 2.24) is 15.5 Å². The SMILES string of the molecule is COC1(c2noc(CCNC(C)(C)C)n2)CCC(C)CC1. The van der Waals surface area contributed by atoms with Crippen LogP contribution in [0, 0.1) is 5.92 Å². The Kier molecular flexibility index (Phi) is 5.04. The van der Waals surface area contributed by atoms with Crippen molar-refractivity contribution >= 4 is 0 Å². The molecule has 0 unspecified atom stereocenters. The van der Waals surface area contributed by atoms with E-state index in [1.54, 1.807) is 7.11 Å². The molecule has 0 atom stereocenters. The molecular formula is C16H29N3O2. The summed E-state index contributed by atoms with van der Waals surface area (Å²) in [6.45, 7) is 9.57. The Hall–Kier alpha value is -0.940. The van der Waals surface area contributed by atoms with E-state index in [4.69, 9.17) is 9.26 Å². The summed E-state index contributed by atoms with van der Waals surface area (Å²) < 4.78 is 11.2. The van der Waals surface area contributed by atoms with Crippen molar-refractivity contribution in [3.8, 4) is 0 Å². The van der Waals surface area contributed by atoms with Crippen LogP contribution in [0.3, 0.4) is 0 Å². The van der Waals surface area contributed by atoms with Gasteiger partial charge in [0.2, 0.25) is 11.7 Å². The number of rotatable bonds is 5. The summed E-state index contributed by atoms with van der Waals surface area (Å²) in [5.41, 5.74) is -0.234. The molecule has 0 saturated heterocycles. The van der Waals surface area contributed by atoms with Gasteiger partial charge in [-0.25, -0.2) is 0 Å². The monoisotopic (exact) mass is 295 g/mol. The van der Waals surface area contributed by atoms with Crippen molar-refractivity contribution < 1.29 is 9.26 Å². The molecule has 1 N–H and O–H groups in total. The van der Waals surface area contributed by atoms with E-state index in [0.717, 1.165) is 50.4 Å². The van der Waals surface area contributed by atoms with E-state index in [2.05, 4.69) is 43.2 Å². The van der Waals surface area contributed by atoms with Crippen molar-refractivity contribution in [3.05, 3.63) is 11.7 Å². The first-order valence-electron chi connectivity index (χ1n) is 7.98. The molecule has 1 aliphatic rings. The molecule has 1 saturated carbocycles. The predicted octanol–water partition coefficient (Wildman–Crippen LogP) is 3.05. The second-order valence-electron chi connectivity index (χ2n) is 7.32. The Bertz CT molecular complexity index is 443. The molecule has 0 radical (unpaired) electrons. The summed E-state index contributed by atoms with van der Waals surface area (Å²) in [5.74, 6) is 2.18. The van der Waals surface area contributed by atoms with Crippen LogP contribution in [-0.2, 0) is 16.8 Å². The summed E-state index contributed by atoms with van der Waals surface area (Å²) in [5, 5.41) is 7.61. The van der Waals surface area contributed by atoms with E-state index in [1.807, 2.05) is 0 Å². The van der Waals surface area contributed by atoms with Gasteiger partial charge in [0.25, 0.3) is 0 Å². The lowest BCUT2D eigenvalue weighted by Gasteiger charge is -2.35. The van der Waals surface area contributed by atoms with Crippen molar-refractivity contribution in [3.63, 3.8) is 0 Å². The van der Waals surface area contributed by atoms with Crippen molar-refractivity contribution in [2.75, 3.05) is 13.7 Å². The van der Waals surface area contributed by atoms with E-state index in [1.165, 1.54) is 0 Å². The smallest absolute Gasteiger partial charge is 0.228 e. The number of hydrogen-bond acceptors (Lipinski definition) is 5. The minimum Gasteiger partial charge on any atom is -0.370 e. The minimum absolute atomic E-state index is 0.107. The van der Waals surface area contributed by atoms with Crippen molar-refractivity contribution in [2.24, 2.45) is 5.92 Å². The first-order valence-corrected chi connectivity index (χ1v) is 7.98. The summed E-state index contributed by atoms with van der Waals surface area (Å²) >= 11 is 0. The van der Waals surface area contributed by atoms with E-state index in [9.17, 15) is 0 Å². The topological polar surface area (TPSA) is 60.2 Å². The first-order chi connectivity index (χ1) is 9.85. The summed E-state index contributed by atoms with van der Waals surface area (Å²) in [7, 11) is 1.76. The van der Waals surface area contributed by atoms with Gasteiger partial charge < -0.3 is 14.6 Å². The van der Waals surface area contributed by atoms with E-state index >= 15 is 0 Å². The second-order valence-corrected chi connectivity index (χ2v) is 7.32. The molecule has 1 aromatic rings. The van der Waals surface area contributed by atoms with Gasteiger partial charge in [0.05, 0.1) is 0 Å². The zero-order chi connectivity index (χ0) is 15.5. The fraction of sp³-hybridized carbons (Fsp3) is 0.875. The van der Waals surface area contributed by atoms with E-state index < -0.39 is 0 Å². The van der Waals surface area contributed by atoms with Crippen LogP contribution < -0.4 is 5.32 Å². The molecule has 5 heteroatoms. The molecule has 1 aliphatic carbocycles. The predicted molar refractivity (Wildman–Crippen MR) is 82.1 cm³/mol. The minimum atomic E-state index is -0.342. The van der Waals surface area contributed by atoms with Crippen LogP contribution in [0.1, 0.15) is 65.1 Å². The summed E-state index contributed by atoms with van der Waals surface area (Å²) in [4.78, 5) is 4.58. The first kappa shape index (κ1) is 16.4. The summed E-state index contributed by atoms with van der Waals surface area (Å²) in [6, 6.07) is 0. The van der Waals surface area contributed by atoms with Gasteiger partial charge in [0.15, 0.2) is 0 Å². The van der Waals surface area contributed by atoms with E-state index in [-0.39, 0.29) is 11.1 Å². The largest absolute Gasteiger partial charge is 0.370 e. The molecule has 0 aliphatic heterocycles. The van der Waals surface area contributed by atoms with Crippen molar-refractivity contribution in [2.45, 2.75) is 70.9 Å². The van der Waals surface area contributed by atoms with Gasteiger partial charge in [-0.05, 0) is 52.4 Å². The molecule has 0 spiro atoms. The van der Waals surface area contributed by atoms with Crippen LogP contribution in [0.5, 0.6) is 0 Å². The zero-order valence-corrected chi connectivity index (χ0v) is 14.0. The van der Waals surface area contributed by atoms with Gasteiger partial charge in [-0.1, -0.05) is 12.1 Å². The number of nitrogens with one attached hydrogen (secondary N) is 1. The fourth-order valence-corrected chi connectivity index (χ4v) is 2.83. The molecule has 1 aromatic heterocycles. The standard InChI is InChI=1S/C16H29N3O2/c1-12-6-9-16(20-5,10-7-12)14-18-13(21-19-14)8-11-17-15(2,3)4/h12,17H,6-11H2,1-5H3. The van der Waals surface area contributed by atoms with Crippen LogP contribution in [0.25, 0.3) is 0 Å². The average molecular weight is 295 g/mol. The van der Waals surface area contributed by atoms with Crippen LogP contribution in [-0.4, -0.2) is 29.3 Å². The molecule has 1 heterocycles. The molecule has 120 valence electrons. The number of aromatic nitrogens is 2. The quantitative estimate of drug-likeness (QED) is 0.904. The number of nitrogens with zero attached hydrogens (tertiary/aromatic N) is 2. The van der Waals surface area contributed by atoms with Crippen LogP contribution in [0.15, 0.2) is 4.52 Å². The lowest BCUT2D eigenvalue weighted by molar-refractivity contribution is -0.0609. The number of ether oxygens (including phenoxy) is 1. The third kappa shape index (κ3) is 4.27. The van der Waals surface area contributed by atoms with Gasteiger partial charge in [-0.2, -0.15) is 4.98 Å². The van der Waals surface area contributed by atoms with Crippen LogP contribution in [0.4, 0.5) is 0 Å². The molecular weight excluding hydrogens is 266 g/mol. The molecule has 1 fully saturated rings. The normalized spacial score (nSPS) is 27.0. The van der Waals surface area contributed by atoms with Gasteiger partial charge in [0.1, 0.15) is 5.60 Å². The third-order valence-corrected chi connectivity index (χ3v) is 4.34. The van der Waals surface area contributed by atoms with Crippen LogP contribution in [0.2, 0.25) is 0 Å². The lowest BCUT2D eigenvalue weighted by atomic mass is 9.79. The fourth-order valence-electron chi connectivity index (χ4n) is 2.83. The zero-order valence-electron chi connectivity index (χ0n) is 14.0. The van der Waals surface area contributed by atoms with Gasteiger partial charge in [-0.3, -0.25) is 0 Å². The highest BCUT2D eigenvalue weighted by Gasteiger charge is 2.40. The van der Waals surface area contributed by atoms with Crippen molar-refractivity contribution in [1.29, 1.82) is 0 Å². The molecule has 0 amide bonds. The van der Waals surface area contributed by atoms with Gasteiger partial charge >= 0.3 is 0 Å². The highest BCUT2D eigenvalue weighted by molar-refractivity contribution is 5.04. The highest BCUT2D eigenvalue weighted by atomic mass is 16.5. The number of methoxy groups -OCH3 is 1. The second kappa shape index (κ2) is 6.44. The van der Waals surface area contributed by atoms with Gasteiger partial charge in [0, 0.05) is 25.6 Å². The van der Waals surface area contributed by atoms with Gasteiger partial charge in [-0.15, -0.1) is 0 Å².